The second-order valence-corrected chi connectivity index (χ2v) is 10.2. The van der Waals surface area contributed by atoms with Crippen molar-refractivity contribution in [1.82, 2.24) is 14.9 Å². The predicted octanol–water partition coefficient (Wildman–Crippen LogP) is 6.52. The van der Waals surface area contributed by atoms with E-state index in [9.17, 15) is 4.79 Å². The first kappa shape index (κ1) is 24.5. The lowest BCUT2D eigenvalue weighted by molar-refractivity contribution is 0.0937. The van der Waals surface area contributed by atoms with Crippen LogP contribution in [0.5, 0.6) is 5.75 Å². The number of nitrogens with one attached hydrogen (secondary N) is 1. The van der Waals surface area contributed by atoms with Crippen molar-refractivity contribution in [3.8, 4) is 5.75 Å². The number of aromatic nitrogens is 2. The number of aryl methyl sites for hydroxylation is 2. The number of amides is 1. The van der Waals surface area contributed by atoms with Crippen LogP contribution in [0.1, 0.15) is 66.6 Å². The highest BCUT2D eigenvalue weighted by Crippen LogP contribution is 2.25. The van der Waals surface area contributed by atoms with Crippen molar-refractivity contribution in [2.45, 2.75) is 59.5 Å². The summed E-state index contributed by atoms with van der Waals surface area (Å²) in [7, 11) is 0. The van der Waals surface area contributed by atoms with E-state index in [1.807, 2.05) is 69.3 Å². The first-order valence-electron chi connectivity index (χ1n) is 12.2. The van der Waals surface area contributed by atoms with Crippen LogP contribution in [0.2, 0.25) is 0 Å². The fourth-order valence-electron chi connectivity index (χ4n) is 4.37. The number of rotatable bonds is 7. The van der Waals surface area contributed by atoms with Crippen LogP contribution in [-0.2, 0) is 12.0 Å². The average Bonchev–Trinajstić information content (AvgIpc) is 3.17. The molecule has 0 saturated heterocycles. The smallest absolute Gasteiger partial charge is 0.252 e. The first-order chi connectivity index (χ1) is 16.6. The third-order valence-corrected chi connectivity index (χ3v) is 6.35. The highest BCUT2D eigenvalue weighted by atomic mass is 16.5. The molecule has 0 saturated carbocycles. The van der Waals surface area contributed by atoms with Gasteiger partial charge in [0.05, 0.1) is 23.6 Å². The molecule has 1 amide bonds. The summed E-state index contributed by atoms with van der Waals surface area (Å²) in [6, 6.07) is 22.0. The summed E-state index contributed by atoms with van der Waals surface area (Å²) in [6.07, 6.45) is 0. The molecule has 0 fully saturated rings. The van der Waals surface area contributed by atoms with E-state index in [2.05, 4.69) is 48.9 Å². The molecule has 0 aliphatic rings. The molecule has 0 radical (unpaired) electrons. The number of imidazole rings is 1. The van der Waals surface area contributed by atoms with E-state index >= 15 is 0 Å². The van der Waals surface area contributed by atoms with Gasteiger partial charge in [-0.2, -0.15) is 0 Å². The fourth-order valence-corrected chi connectivity index (χ4v) is 4.37. The Morgan fingerprint density at radius 3 is 2.43 bits per heavy atom. The molecule has 1 unspecified atom stereocenters. The number of carbonyl (C=O) groups excluding carboxylic acids is 1. The molecule has 4 aromatic rings. The van der Waals surface area contributed by atoms with Gasteiger partial charge in [-0.15, -0.1) is 0 Å². The quantitative estimate of drug-likeness (QED) is 0.335. The van der Waals surface area contributed by atoms with Crippen LogP contribution in [0.25, 0.3) is 11.0 Å². The standard InChI is InChI=1S/C30H35N3O2/c1-20-11-16-25(21(2)19-20)29(34)31-22(3)28-32-26-9-7-8-10-27(26)33(28)17-18-35-24-14-12-23(13-15-24)30(4,5)6/h7-16,19,22H,17-18H2,1-6H3,(H,31,34). The van der Waals surface area contributed by atoms with Crippen molar-refractivity contribution < 1.29 is 9.53 Å². The maximum Gasteiger partial charge on any atom is 0.252 e. The molecule has 1 atom stereocenters. The van der Waals surface area contributed by atoms with E-state index in [0.717, 1.165) is 33.7 Å². The Labute approximate surface area is 208 Å². The number of para-hydroxylation sites is 2. The lowest BCUT2D eigenvalue weighted by atomic mass is 9.87. The van der Waals surface area contributed by atoms with Crippen molar-refractivity contribution in [2.24, 2.45) is 0 Å². The summed E-state index contributed by atoms with van der Waals surface area (Å²) >= 11 is 0. The summed E-state index contributed by atoms with van der Waals surface area (Å²) in [4.78, 5) is 17.9. The number of fused-ring (bicyclic) bond motifs is 1. The molecule has 0 aliphatic heterocycles. The van der Waals surface area contributed by atoms with Crippen LogP contribution in [0.3, 0.4) is 0 Å². The Morgan fingerprint density at radius 2 is 1.74 bits per heavy atom. The normalized spacial score (nSPS) is 12.5. The molecule has 3 aromatic carbocycles. The van der Waals surface area contributed by atoms with Crippen LogP contribution < -0.4 is 10.1 Å². The van der Waals surface area contributed by atoms with Crippen LogP contribution in [0, 0.1) is 13.8 Å². The number of benzene rings is 3. The van der Waals surface area contributed by atoms with E-state index in [1.165, 1.54) is 5.56 Å². The summed E-state index contributed by atoms with van der Waals surface area (Å²) in [5.41, 5.74) is 6.12. The first-order valence-corrected chi connectivity index (χ1v) is 12.2. The summed E-state index contributed by atoms with van der Waals surface area (Å²) in [6.45, 7) is 13.7. The zero-order valence-electron chi connectivity index (χ0n) is 21.6. The summed E-state index contributed by atoms with van der Waals surface area (Å²) in [5.74, 6) is 1.57. The Bertz CT molecular complexity index is 1330. The van der Waals surface area contributed by atoms with E-state index in [0.29, 0.717) is 18.7 Å². The third-order valence-electron chi connectivity index (χ3n) is 6.35. The predicted molar refractivity (Wildman–Crippen MR) is 142 cm³/mol. The van der Waals surface area contributed by atoms with E-state index < -0.39 is 0 Å². The molecule has 0 spiro atoms. The maximum absolute atomic E-state index is 13.0. The van der Waals surface area contributed by atoms with Gasteiger partial charge in [0.1, 0.15) is 18.2 Å². The van der Waals surface area contributed by atoms with Gasteiger partial charge in [0.15, 0.2) is 0 Å². The lowest BCUT2D eigenvalue weighted by Gasteiger charge is -2.19. The molecule has 1 heterocycles. The zero-order chi connectivity index (χ0) is 25.2. The molecule has 1 N–H and O–H groups in total. The van der Waals surface area contributed by atoms with E-state index in [-0.39, 0.29) is 17.4 Å². The van der Waals surface area contributed by atoms with E-state index in [4.69, 9.17) is 9.72 Å². The van der Waals surface area contributed by atoms with Crippen molar-refractivity contribution in [2.75, 3.05) is 6.61 Å². The number of carbonyl (C=O) groups is 1. The second-order valence-electron chi connectivity index (χ2n) is 10.2. The number of hydrogen-bond donors (Lipinski definition) is 1. The lowest BCUT2D eigenvalue weighted by Crippen LogP contribution is -2.29. The Hall–Kier alpha value is -3.60. The molecule has 5 heteroatoms. The van der Waals surface area contributed by atoms with Gasteiger partial charge in [-0.3, -0.25) is 4.79 Å². The minimum absolute atomic E-state index is 0.0937. The maximum atomic E-state index is 13.0. The monoisotopic (exact) mass is 469 g/mol. The molecule has 35 heavy (non-hydrogen) atoms. The highest BCUT2D eigenvalue weighted by Gasteiger charge is 2.20. The molecule has 1 aromatic heterocycles. The van der Waals surface area contributed by atoms with Gasteiger partial charge < -0.3 is 14.6 Å². The number of ether oxygens (including phenoxy) is 1. The minimum atomic E-state index is -0.262. The number of hydrogen-bond acceptors (Lipinski definition) is 3. The molecule has 0 bridgehead atoms. The highest BCUT2D eigenvalue weighted by molar-refractivity contribution is 5.96. The third kappa shape index (κ3) is 5.56. The Morgan fingerprint density at radius 1 is 1.03 bits per heavy atom. The number of nitrogens with zero attached hydrogens (tertiary/aromatic N) is 2. The largest absolute Gasteiger partial charge is 0.492 e. The van der Waals surface area contributed by atoms with Crippen LogP contribution in [0.15, 0.2) is 66.7 Å². The van der Waals surface area contributed by atoms with Crippen molar-refractivity contribution in [1.29, 1.82) is 0 Å². The minimum Gasteiger partial charge on any atom is -0.492 e. The van der Waals surface area contributed by atoms with Gasteiger partial charge >= 0.3 is 0 Å². The topological polar surface area (TPSA) is 56.2 Å². The second kappa shape index (κ2) is 9.95. The van der Waals surface area contributed by atoms with Crippen molar-refractivity contribution >= 4 is 16.9 Å². The van der Waals surface area contributed by atoms with Crippen molar-refractivity contribution in [3.63, 3.8) is 0 Å². The molecule has 0 aliphatic carbocycles. The molecular formula is C30H35N3O2. The SMILES string of the molecule is Cc1ccc(C(=O)NC(C)c2nc3ccccc3n2CCOc2ccc(C(C)(C)C)cc2)c(C)c1. The molecule has 4 rings (SSSR count). The molecule has 182 valence electrons. The summed E-state index contributed by atoms with van der Waals surface area (Å²) < 4.78 is 8.22. The summed E-state index contributed by atoms with van der Waals surface area (Å²) in [5, 5.41) is 3.14. The zero-order valence-corrected chi connectivity index (χ0v) is 21.6. The average molecular weight is 470 g/mol. The van der Waals surface area contributed by atoms with Crippen LogP contribution in [0.4, 0.5) is 0 Å². The van der Waals surface area contributed by atoms with Crippen LogP contribution in [-0.4, -0.2) is 22.1 Å². The van der Waals surface area contributed by atoms with Gasteiger partial charge in [-0.1, -0.05) is 62.7 Å². The Balaban J connectivity index is 1.51. The van der Waals surface area contributed by atoms with Crippen molar-refractivity contribution in [3.05, 3.63) is 94.8 Å². The van der Waals surface area contributed by atoms with Gasteiger partial charge in [0.25, 0.3) is 5.91 Å². The Kier molecular flexibility index (Phi) is 6.97. The molecular weight excluding hydrogens is 434 g/mol. The van der Waals surface area contributed by atoms with E-state index in [1.54, 1.807) is 0 Å². The van der Waals surface area contributed by atoms with Gasteiger partial charge in [-0.05, 0) is 67.6 Å². The van der Waals surface area contributed by atoms with Gasteiger partial charge in [0.2, 0.25) is 0 Å². The van der Waals surface area contributed by atoms with Gasteiger partial charge in [0, 0.05) is 5.56 Å². The molecule has 5 nitrogen and oxygen atoms in total. The van der Waals surface area contributed by atoms with Crippen LogP contribution >= 0.6 is 0 Å². The fraction of sp³-hybridized carbons (Fsp3) is 0.333. The van der Waals surface area contributed by atoms with Gasteiger partial charge in [-0.25, -0.2) is 4.98 Å².